The molecule has 0 aliphatic carbocycles. The Morgan fingerprint density at radius 1 is 1.00 bits per heavy atom. The van der Waals surface area contributed by atoms with Crippen molar-refractivity contribution in [2.24, 2.45) is 11.8 Å². The normalized spacial score (nSPS) is 22.6. The van der Waals surface area contributed by atoms with Crippen molar-refractivity contribution < 1.29 is 18.8 Å². The van der Waals surface area contributed by atoms with Crippen molar-refractivity contribution in [3.8, 4) is 0 Å². The Kier molecular flexibility index (Phi) is 6.65. The van der Waals surface area contributed by atoms with Gasteiger partial charge in [0.05, 0.1) is 11.8 Å². The van der Waals surface area contributed by atoms with E-state index in [9.17, 15) is 18.8 Å². The lowest BCUT2D eigenvalue weighted by Gasteiger charge is -2.38. The van der Waals surface area contributed by atoms with E-state index in [1.165, 1.54) is 24.3 Å². The second-order valence-electron chi connectivity index (χ2n) is 7.62. The van der Waals surface area contributed by atoms with E-state index in [4.69, 9.17) is 0 Å². The van der Waals surface area contributed by atoms with Crippen LogP contribution in [-0.2, 0) is 9.59 Å². The Labute approximate surface area is 165 Å². The highest BCUT2D eigenvalue weighted by molar-refractivity contribution is 5.94. The minimum Gasteiger partial charge on any atom is -0.356 e. The minimum absolute atomic E-state index is 0.0109. The molecule has 1 N–H and O–H groups in total. The van der Waals surface area contributed by atoms with E-state index in [0.717, 1.165) is 25.7 Å². The molecule has 2 saturated heterocycles. The zero-order chi connectivity index (χ0) is 20.1. The molecule has 3 rings (SSSR count). The lowest BCUT2D eigenvalue weighted by atomic mass is 9.92. The molecule has 1 aromatic rings. The SMILES string of the molecule is CCNC(=O)C1CCCN(C(=O)C2CCCN(C(=O)c3ccc(F)cc3)C2)C1. The van der Waals surface area contributed by atoms with E-state index in [2.05, 4.69) is 5.32 Å². The van der Waals surface area contributed by atoms with Gasteiger partial charge in [-0.25, -0.2) is 4.39 Å². The lowest BCUT2D eigenvalue weighted by Crippen LogP contribution is -2.51. The fraction of sp³-hybridized carbons (Fsp3) is 0.571. The third-order valence-corrected chi connectivity index (χ3v) is 5.60. The summed E-state index contributed by atoms with van der Waals surface area (Å²) in [6.07, 6.45) is 3.12. The molecule has 2 heterocycles. The first-order valence-electron chi connectivity index (χ1n) is 10.1. The third kappa shape index (κ3) is 4.69. The summed E-state index contributed by atoms with van der Waals surface area (Å²) >= 11 is 0. The van der Waals surface area contributed by atoms with Crippen molar-refractivity contribution in [1.29, 1.82) is 0 Å². The molecule has 0 aromatic heterocycles. The maximum atomic E-state index is 13.1. The molecule has 152 valence electrons. The van der Waals surface area contributed by atoms with Crippen LogP contribution in [0, 0.1) is 17.7 Å². The number of piperidine rings is 2. The number of nitrogens with one attached hydrogen (secondary N) is 1. The fourth-order valence-corrected chi connectivity index (χ4v) is 4.11. The van der Waals surface area contributed by atoms with Gasteiger partial charge in [0.25, 0.3) is 5.91 Å². The number of benzene rings is 1. The molecule has 0 radical (unpaired) electrons. The van der Waals surface area contributed by atoms with Gasteiger partial charge in [-0.15, -0.1) is 0 Å². The zero-order valence-corrected chi connectivity index (χ0v) is 16.3. The molecule has 6 nitrogen and oxygen atoms in total. The first-order valence-corrected chi connectivity index (χ1v) is 10.1. The number of nitrogens with zero attached hydrogens (tertiary/aromatic N) is 2. The first-order chi connectivity index (χ1) is 13.5. The second-order valence-corrected chi connectivity index (χ2v) is 7.62. The van der Waals surface area contributed by atoms with Crippen LogP contribution in [0.3, 0.4) is 0 Å². The van der Waals surface area contributed by atoms with E-state index in [1.54, 1.807) is 9.80 Å². The monoisotopic (exact) mass is 389 g/mol. The van der Waals surface area contributed by atoms with Crippen LogP contribution in [0.5, 0.6) is 0 Å². The minimum atomic E-state index is -0.380. The summed E-state index contributed by atoms with van der Waals surface area (Å²) in [7, 11) is 0. The molecular weight excluding hydrogens is 361 g/mol. The maximum absolute atomic E-state index is 13.1. The fourth-order valence-electron chi connectivity index (χ4n) is 4.11. The standard InChI is InChI=1S/C21H28FN3O3/c1-2-23-19(26)16-5-3-11-24(13-16)21(28)17-6-4-12-25(14-17)20(27)15-7-9-18(22)10-8-15/h7-10,16-17H,2-6,11-14H2,1H3,(H,23,26). The van der Waals surface area contributed by atoms with Crippen LogP contribution in [0.1, 0.15) is 43.0 Å². The van der Waals surface area contributed by atoms with E-state index in [0.29, 0.717) is 38.3 Å². The van der Waals surface area contributed by atoms with Gasteiger partial charge >= 0.3 is 0 Å². The van der Waals surface area contributed by atoms with Crippen LogP contribution in [0.2, 0.25) is 0 Å². The summed E-state index contributed by atoms with van der Waals surface area (Å²) in [5.41, 5.74) is 0.434. The molecule has 2 fully saturated rings. The van der Waals surface area contributed by atoms with Gasteiger partial charge in [0.15, 0.2) is 0 Å². The number of rotatable bonds is 4. The lowest BCUT2D eigenvalue weighted by molar-refractivity contribution is -0.140. The average Bonchev–Trinajstić information content (AvgIpc) is 2.73. The third-order valence-electron chi connectivity index (χ3n) is 5.60. The van der Waals surface area contributed by atoms with Gasteiger partial charge in [-0.2, -0.15) is 0 Å². The topological polar surface area (TPSA) is 69.7 Å². The Morgan fingerprint density at radius 2 is 1.61 bits per heavy atom. The Morgan fingerprint density at radius 3 is 2.29 bits per heavy atom. The molecule has 0 spiro atoms. The molecule has 7 heteroatoms. The number of amides is 3. The van der Waals surface area contributed by atoms with E-state index < -0.39 is 0 Å². The number of carbonyl (C=O) groups is 3. The van der Waals surface area contributed by atoms with Gasteiger partial charge in [-0.05, 0) is 56.9 Å². The van der Waals surface area contributed by atoms with Gasteiger partial charge in [0.2, 0.25) is 11.8 Å². The van der Waals surface area contributed by atoms with Crippen molar-refractivity contribution in [2.45, 2.75) is 32.6 Å². The molecule has 2 unspecified atom stereocenters. The van der Waals surface area contributed by atoms with Crippen LogP contribution >= 0.6 is 0 Å². The molecule has 28 heavy (non-hydrogen) atoms. The van der Waals surface area contributed by atoms with Crippen molar-refractivity contribution in [1.82, 2.24) is 15.1 Å². The molecule has 2 atom stereocenters. The van der Waals surface area contributed by atoms with Gasteiger partial charge in [0, 0.05) is 38.3 Å². The molecule has 0 bridgehead atoms. The van der Waals surface area contributed by atoms with Crippen LogP contribution in [-0.4, -0.2) is 60.2 Å². The van der Waals surface area contributed by atoms with Crippen LogP contribution in [0.15, 0.2) is 24.3 Å². The molecular formula is C21H28FN3O3. The molecule has 2 aliphatic rings. The van der Waals surface area contributed by atoms with Crippen LogP contribution in [0.25, 0.3) is 0 Å². The highest BCUT2D eigenvalue weighted by Crippen LogP contribution is 2.24. The number of hydrogen-bond donors (Lipinski definition) is 1. The van der Waals surface area contributed by atoms with Crippen molar-refractivity contribution >= 4 is 17.7 Å². The summed E-state index contributed by atoms with van der Waals surface area (Å²) in [5, 5.41) is 2.84. The molecule has 2 aliphatic heterocycles. The largest absolute Gasteiger partial charge is 0.356 e. The predicted octanol–water partition coefficient (Wildman–Crippen LogP) is 2.05. The Bertz CT molecular complexity index is 722. The number of carbonyl (C=O) groups excluding carboxylic acids is 3. The quantitative estimate of drug-likeness (QED) is 0.857. The van der Waals surface area contributed by atoms with Gasteiger partial charge < -0.3 is 15.1 Å². The maximum Gasteiger partial charge on any atom is 0.253 e. The summed E-state index contributed by atoms with van der Waals surface area (Å²) in [5.74, 6) is -0.905. The van der Waals surface area contributed by atoms with Crippen LogP contribution in [0.4, 0.5) is 4.39 Å². The summed E-state index contributed by atoms with van der Waals surface area (Å²) in [4.78, 5) is 41.3. The van der Waals surface area contributed by atoms with E-state index in [1.807, 2.05) is 6.92 Å². The first kappa shape index (κ1) is 20.3. The molecule has 0 saturated carbocycles. The van der Waals surface area contributed by atoms with Crippen LogP contribution < -0.4 is 5.32 Å². The molecule has 3 amide bonds. The van der Waals surface area contributed by atoms with Gasteiger partial charge in [-0.3, -0.25) is 14.4 Å². The highest BCUT2D eigenvalue weighted by Gasteiger charge is 2.35. The number of likely N-dealkylation sites (tertiary alicyclic amines) is 2. The smallest absolute Gasteiger partial charge is 0.253 e. The number of halogens is 1. The Hall–Kier alpha value is -2.44. The average molecular weight is 389 g/mol. The zero-order valence-electron chi connectivity index (χ0n) is 16.3. The highest BCUT2D eigenvalue weighted by atomic mass is 19.1. The van der Waals surface area contributed by atoms with Crippen molar-refractivity contribution in [2.75, 3.05) is 32.7 Å². The molecule has 1 aromatic carbocycles. The predicted molar refractivity (Wildman–Crippen MR) is 103 cm³/mol. The van der Waals surface area contributed by atoms with Crippen molar-refractivity contribution in [3.05, 3.63) is 35.6 Å². The van der Waals surface area contributed by atoms with Gasteiger partial charge in [-0.1, -0.05) is 0 Å². The summed E-state index contributed by atoms with van der Waals surface area (Å²) in [6, 6.07) is 5.50. The Balaban J connectivity index is 1.61. The second kappa shape index (κ2) is 9.17. The summed E-state index contributed by atoms with van der Waals surface area (Å²) < 4.78 is 13.1. The van der Waals surface area contributed by atoms with Gasteiger partial charge in [0.1, 0.15) is 5.82 Å². The van der Waals surface area contributed by atoms with E-state index in [-0.39, 0.29) is 35.4 Å². The van der Waals surface area contributed by atoms with Crippen molar-refractivity contribution in [3.63, 3.8) is 0 Å². The van der Waals surface area contributed by atoms with E-state index >= 15 is 0 Å². The summed E-state index contributed by atoms with van der Waals surface area (Å²) in [6.45, 7) is 4.56. The number of hydrogen-bond acceptors (Lipinski definition) is 3.